The molecule has 0 unspecified atom stereocenters. The minimum atomic E-state index is 0.00305. The molecule has 0 N–H and O–H groups in total. The number of aromatic nitrogens is 1. The first-order chi connectivity index (χ1) is 11.1. The second kappa shape index (κ2) is 5.02. The van der Waals surface area contributed by atoms with Crippen LogP contribution < -0.4 is 4.57 Å². The average Bonchev–Trinajstić information content (AvgIpc) is 2.53. The zero-order chi connectivity index (χ0) is 16.0. The molecule has 1 aliphatic carbocycles. The van der Waals surface area contributed by atoms with Gasteiger partial charge < -0.3 is 0 Å². The van der Waals surface area contributed by atoms with E-state index < -0.39 is 0 Å². The molecule has 0 fully saturated rings. The fourth-order valence-corrected chi connectivity index (χ4v) is 3.65. The van der Waals surface area contributed by atoms with Crippen molar-refractivity contribution in [1.29, 1.82) is 0 Å². The lowest BCUT2D eigenvalue weighted by atomic mass is 9.75. The summed E-state index contributed by atoms with van der Waals surface area (Å²) in [6.45, 7) is 4.36. The van der Waals surface area contributed by atoms with E-state index in [2.05, 4.69) is 54.8 Å². The van der Waals surface area contributed by atoms with Crippen LogP contribution >= 0.6 is 0 Å². The molecule has 0 atom stereocenters. The van der Waals surface area contributed by atoms with Crippen LogP contribution in [0, 0.1) is 5.41 Å². The van der Waals surface area contributed by atoms with Crippen LogP contribution in [-0.2, 0) is 6.42 Å². The van der Waals surface area contributed by atoms with Crippen molar-refractivity contribution in [3.8, 4) is 5.69 Å². The van der Waals surface area contributed by atoms with Gasteiger partial charge in [0.1, 0.15) is 0 Å². The Morgan fingerprint density at radius 3 is 2.39 bits per heavy atom. The lowest BCUT2D eigenvalue weighted by Crippen LogP contribution is -2.43. The highest BCUT2D eigenvalue weighted by Crippen LogP contribution is 2.35. The largest absolute Gasteiger partial charge is 0.294 e. The zero-order valence-electron chi connectivity index (χ0n) is 13.5. The van der Waals surface area contributed by atoms with E-state index in [4.69, 9.17) is 0 Å². The van der Waals surface area contributed by atoms with Gasteiger partial charge in [-0.3, -0.25) is 4.79 Å². The van der Waals surface area contributed by atoms with Crippen molar-refractivity contribution in [3.63, 3.8) is 0 Å². The first-order valence-corrected chi connectivity index (χ1v) is 8.10. The number of fused-ring (bicyclic) bond motifs is 2. The highest BCUT2D eigenvalue weighted by molar-refractivity contribution is 6.00. The minimum Gasteiger partial charge on any atom is -0.294 e. The van der Waals surface area contributed by atoms with Crippen molar-refractivity contribution < 1.29 is 9.36 Å². The third-order valence-corrected chi connectivity index (χ3v) is 4.66. The first kappa shape index (κ1) is 14.1. The van der Waals surface area contributed by atoms with Crippen LogP contribution in [0.4, 0.5) is 0 Å². The smallest absolute Gasteiger partial charge is 0.218 e. The summed E-state index contributed by atoms with van der Waals surface area (Å²) in [6, 6.07) is 20.7. The highest BCUT2D eigenvalue weighted by atomic mass is 16.1. The predicted octanol–water partition coefficient (Wildman–Crippen LogP) is 4.27. The van der Waals surface area contributed by atoms with Crippen molar-refractivity contribution in [2.45, 2.75) is 26.7 Å². The summed E-state index contributed by atoms with van der Waals surface area (Å²) in [5.74, 6) is 0.256. The van der Waals surface area contributed by atoms with Gasteiger partial charge in [0.2, 0.25) is 11.2 Å². The maximum atomic E-state index is 12.7. The van der Waals surface area contributed by atoms with Gasteiger partial charge in [-0.2, -0.15) is 4.57 Å². The van der Waals surface area contributed by atoms with E-state index in [0.29, 0.717) is 6.42 Å². The van der Waals surface area contributed by atoms with Crippen LogP contribution in [0.2, 0.25) is 0 Å². The van der Waals surface area contributed by atoms with Crippen LogP contribution in [-0.4, -0.2) is 5.78 Å². The van der Waals surface area contributed by atoms with E-state index in [9.17, 15) is 4.79 Å². The van der Waals surface area contributed by atoms with Gasteiger partial charge in [-0.05, 0) is 17.5 Å². The van der Waals surface area contributed by atoms with E-state index in [-0.39, 0.29) is 11.2 Å². The minimum absolute atomic E-state index is 0.00305. The Bertz CT molecular complexity index is 910. The molecule has 2 nitrogen and oxygen atoms in total. The summed E-state index contributed by atoms with van der Waals surface area (Å²) in [5, 5.41) is 1.11. The number of nitrogens with zero attached hydrogens (tertiary/aromatic N) is 1. The standard InChI is InChI=1S/C21H20NO/c1-21(2)13-19-17(20(23)14-21)12-15-8-6-7-11-18(15)22(19)16-9-4-3-5-10-16/h3-12H,13-14H2,1-2H3/q+1. The lowest BCUT2D eigenvalue weighted by Gasteiger charge is -2.28. The molecule has 1 aromatic heterocycles. The van der Waals surface area contributed by atoms with Crippen molar-refractivity contribution >= 4 is 16.7 Å². The van der Waals surface area contributed by atoms with E-state index in [1.165, 1.54) is 0 Å². The molecule has 0 amide bonds. The van der Waals surface area contributed by atoms with E-state index in [1.54, 1.807) is 0 Å². The van der Waals surface area contributed by atoms with Gasteiger partial charge in [0.15, 0.2) is 11.5 Å². The number of rotatable bonds is 1. The maximum Gasteiger partial charge on any atom is 0.218 e. The van der Waals surface area contributed by atoms with Gasteiger partial charge in [0.25, 0.3) is 0 Å². The Morgan fingerprint density at radius 2 is 1.61 bits per heavy atom. The summed E-state index contributed by atoms with van der Waals surface area (Å²) in [7, 11) is 0. The van der Waals surface area contributed by atoms with Crippen LogP contribution in [0.3, 0.4) is 0 Å². The second-order valence-corrected chi connectivity index (χ2v) is 7.18. The summed E-state index contributed by atoms with van der Waals surface area (Å²) >= 11 is 0. The van der Waals surface area contributed by atoms with E-state index in [0.717, 1.165) is 34.3 Å². The Morgan fingerprint density at radius 1 is 0.913 bits per heavy atom. The number of Topliss-reactive ketones (excluding diaryl/α,β-unsaturated/α-hetero) is 1. The SMILES string of the molecule is CC1(C)CC(=O)c2cc3ccccc3[n+](-c3ccccc3)c2C1. The molecule has 0 aliphatic heterocycles. The third kappa shape index (κ3) is 2.35. The molecule has 2 aromatic carbocycles. The van der Waals surface area contributed by atoms with Crippen LogP contribution in [0.15, 0.2) is 60.7 Å². The molecule has 2 heteroatoms. The van der Waals surface area contributed by atoms with Gasteiger partial charge in [-0.25, -0.2) is 0 Å². The Hall–Kier alpha value is -2.48. The Labute approximate surface area is 136 Å². The number of hydrogen-bond donors (Lipinski definition) is 0. The molecule has 3 aromatic rings. The summed E-state index contributed by atoms with van der Waals surface area (Å²) in [6.07, 6.45) is 1.53. The van der Waals surface area contributed by atoms with Crippen molar-refractivity contribution in [1.82, 2.24) is 0 Å². The summed E-state index contributed by atoms with van der Waals surface area (Å²) in [4.78, 5) is 12.7. The van der Waals surface area contributed by atoms with Crippen LogP contribution in [0.25, 0.3) is 16.6 Å². The van der Waals surface area contributed by atoms with Gasteiger partial charge >= 0.3 is 0 Å². The lowest BCUT2D eigenvalue weighted by molar-refractivity contribution is -0.577. The number of carbonyl (C=O) groups is 1. The number of hydrogen-bond acceptors (Lipinski definition) is 1. The molecule has 0 spiro atoms. The van der Waals surface area contributed by atoms with Crippen LogP contribution in [0.5, 0.6) is 0 Å². The van der Waals surface area contributed by atoms with Crippen molar-refractivity contribution in [2.24, 2.45) is 5.41 Å². The van der Waals surface area contributed by atoms with Crippen LogP contribution in [0.1, 0.15) is 36.3 Å². The van der Waals surface area contributed by atoms with Crippen molar-refractivity contribution in [2.75, 3.05) is 0 Å². The molecule has 23 heavy (non-hydrogen) atoms. The maximum absolute atomic E-state index is 12.7. The molecule has 0 radical (unpaired) electrons. The molecule has 114 valence electrons. The van der Waals surface area contributed by atoms with Gasteiger partial charge in [-0.1, -0.05) is 44.2 Å². The van der Waals surface area contributed by atoms with Crippen molar-refractivity contribution in [3.05, 3.63) is 71.9 Å². The monoisotopic (exact) mass is 302 g/mol. The molecule has 0 bridgehead atoms. The number of carbonyl (C=O) groups excluding carboxylic acids is 1. The number of pyridine rings is 1. The molecule has 0 saturated heterocycles. The average molecular weight is 302 g/mol. The third-order valence-electron chi connectivity index (χ3n) is 4.66. The number of benzene rings is 2. The molecule has 0 saturated carbocycles. The Balaban J connectivity index is 2.12. The zero-order valence-corrected chi connectivity index (χ0v) is 13.5. The van der Waals surface area contributed by atoms with Gasteiger partial charge in [0.05, 0.1) is 5.56 Å². The molecule has 4 rings (SSSR count). The topological polar surface area (TPSA) is 20.9 Å². The molecule has 1 aliphatic rings. The summed E-state index contributed by atoms with van der Waals surface area (Å²) < 4.78 is 2.27. The quantitative estimate of drug-likeness (QED) is 0.615. The Kier molecular flexibility index (Phi) is 3.08. The van der Waals surface area contributed by atoms with E-state index >= 15 is 0 Å². The molecule has 1 heterocycles. The van der Waals surface area contributed by atoms with E-state index in [1.807, 2.05) is 24.3 Å². The fourth-order valence-electron chi connectivity index (χ4n) is 3.65. The number of para-hydroxylation sites is 2. The summed E-state index contributed by atoms with van der Waals surface area (Å²) in [5.41, 5.74) is 4.29. The first-order valence-electron chi connectivity index (χ1n) is 8.10. The molecular formula is C21H20NO+. The molecular weight excluding hydrogens is 282 g/mol. The number of ketones is 1. The van der Waals surface area contributed by atoms with Gasteiger partial charge in [-0.15, -0.1) is 0 Å². The fraction of sp³-hybridized carbons (Fsp3) is 0.238. The normalized spacial score (nSPS) is 16.3. The second-order valence-electron chi connectivity index (χ2n) is 7.18. The highest BCUT2D eigenvalue weighted by Gasteiger charge is 2.38. The van der Waals surface area contributed by atoms with Gasteiger partial charge in [0, 0.05) is 36.4 Å². The predicted molar refractivity (Wildman–Crippen MR) is 91.9 cm³/mol.